The van der Waals surface area contributed by atoms with E-state index in [4.69, 9.17) is 4.74 Å². The van der Waals surface area contributed by atoms with Crippen molar-refractivity contribution >= 4 is 12.2 Å². The van der Waals surface area contributed by atoms with Crippen LogP contribution in [0.5, 0.6) is 11.8 Å². The van der Waals surface area contributed by atoms with Crippen molar-refractivity contribution in [1.82, 2.24) is 10.0 Å². The van der Waals surface area contributed by atoms with Crippen molar-refractivity contribution in [1.29, 1.82) is 0 Å². The van der Waals surface area contributed by atoms with Gasteiger partial charge in [0.2, 0.25) is 11.8 Å². The van der Waals surface area contributed by atoms with Crippen molar-refractivity contribution in [3.8, 4) is 11.8 Å². The summed E-state index contributed by atoms with van der Waals surface area (Å²) in [6, 6.07) is 2.27. The summed E-state index contributed by atoms with van der Waals surface area (Å²) in [6.45, 7) is 2.13. The second kappa shape index (κ2) is 6.74. The summed E-state index contributed by atoms with van der Waals surface area (Å²) < 4.78 is 10.1. The van der Waals surface area contributed by atoms with E-state index in [9.17, 15) is 19.8 Å². The van der Waals surface area contributed by atoms with E-state index in [-0.39, 0.29) is 19.1 Å². The van der Waals surface area contributed by atoms with E-state index < -0.39 is 24.0 Å². The molecule has 0 aromatic carbocycles. The summed E-state index contributed by atoms with van der Waals surface area (Å²) in [5.41, 5.74) is 1.19. The molecule has 3 N–H and O–H groups in total. The van der Waals surface area contributed by atoms with Gasteiger partial charge in [-0.1, -0.05) is 11.6 Å². The van der Waals surface area contributed by atoms with Gasteiger partial charge in [0.05, 0.1) is 6.54 Å². The van der Waals surface area contributed by atoms with Gasteiger partial charge in [-0.05, 0) is 6.92 Å². The molecule has 0 radical (unpaired) electrons. The van der Waals surface area contributed by atoms with E-state index in [2.05, 4.69) is 14.9 Å². The van der Waals surface area contributed by atoms with Gasteiger partial charge in [0.1, 0.15) is 13.2 Å². The van der Waals surface area contributed by atoms with Crippen molar-refractivity contribution in [2.45, 2.75) is 6.92 Å². The average Bonchev–Trinajstić information content (AvgIpc) is 3.11. The summed E-state index contributed by atoms with van der Waals surface area (Å²) in [5, 5.41) is 20.9. The molecule has 22 heavy (non-hydrogen) atoms. The topological polar surface area (TPSA) is 119 Å². The quantitative estimate of drug-likeness (QED) is 0.403. The monoisotopic (exact) mass is 312 g/mol. The number of hydrogen-bond donors (Lipinski definition) is 3. The molecule has 0 bridgehead atoms. The van der Waals surface area contributed by atoms with Gasteiger partial charge in [-0.15, -0.1) is 4.73 Å². The molecule has 1 amide bonds. The number of ether oxygens (including phenoxy) is 2. The molecule has 0 saturated carbocycles. The van der Waals surface area contributed by atoms with Crippen LogP contribution in [0.25, 0.3) is 0 Å². The molecule has 1 unspecified atom stereocenters. The van der Waals surface area contributed by atoms with Gasteiger partial charge < -0.3 is 25.0 Å². The van der Waals surface area contributed by atoms with Crippen LogP contribution < -0.4 is 10.2 Å². The van der Waals surface area contributed by atoms with Crippen LogP contribution in [-0.2, 0) is 9.47 Å². The van der Waals surface area contributed by atoms with E-state index in [0.717, 1.165) is 12.1 Å². The number of nitrogens with one attached hydrogen (secondary N) is 1. The number of rotatable bonds is 6. The first-order valence-corrected chi connectivity index (χ1v) is 6.51. The highest BCUT2D eigenvalue weighted by molar-refractivity contribution is 5.67. The first-order chi connectivity index (χ1) is 10.5. The Balaban J connectivity index is 1.56. The number of amides is 1. The maximum Gasteiger partial charge on any atom is 0.534 e. The van der Waals surface area contributed by atoms with E-state index in [0.29, 0.717) is 11.3 Å². The highest BCUT2D eigenvalue weighted by Crippen LogP contribution is 2.27. The fraction of sp³-hybridized carbons (Fsp3) is 0.385. The Labute approximate surface area is 125 Å². The number of aromatic hydroxyl groups is 2. The van der Waals surface area contributed by atoms with Crippen molar-refractivity contribution in [3.05, 3.63) is 23.8 Å². The third-order valence-corrected chi connectivity index (χ3v) is 2.89. The van der Waals surface area contributed by atoms with Gasteiger partial charge >= 0.3 is 12.2 Å². The predicted octanol–water partition coefficient (Wildman–Crippen LogP) is 0.767. The lowest BCUT2D eigenvalue weighted by atomic mass is 10.3. The molecule has 0 saturated heterocycles. The van der Waals surface area contributed by atoms with Crippen molar-refractivity contribution in [2.75, 3.05) is 19.8 Å². The molecule has 9 nitrogen and oxygen atoms in total. The van der Waals surface area contributed by atoms with E-state index in [1.165, 1.54) is 5.57 Å². The molecule has 2 rings (SSSR count). The molecule has 0 fully saturated rings. The Hall–Kier alpha value is -2.84. The maximum atomic E-state index is 11.3. The number of alkyl carbamates (subject to hydrolysis) is 1. The van der Waals surface area contributed by atoms with Crippen molar-refractivity contribution < 1.29 is 34.1 Å². The zero-order chi connectivity index (χ0) is 16.1. The molecule has 1 aliphatic rings. The Kier molecular flexibility index (Phi) is 4.77. The fourth-order valence-corrected chi connectivity index (χ4v) is 1.55. The molecule has 1 heterocycles. The lowest BCUT2D eigenvalue weighted by molar-refractivity contribution is 0.0358. The van der Waals surface area contributed by atoms with Crippen molar-refractivity contribution in [2.24, 2.45) is 5.92 Å². The SMILES string of the molecule is CC1=CC1COC(=O)NCCOC(=O)On1c(O)ccc1O. The fourth-order valence-electron chi connectivity index (χ4n) is 1.55. The van der Waals surface area contributed by atoms with Crippen molar-refractivity contribution in [3.63, 3.8) is 0 Å². The number of carbonyl (C=O) groups excluding carboxylic acids is 2. The van der Waals surface area contributed by atoms with Crippen LogP contribution >= 0.6 is 0 Å². The molecule has 1 aromatic heterocycles. The third-order valence-electron chi connectivity index (χ3n) is 2.89. The highest BCUT2D eigenvalue weighted by atomic mass is 16.8. The van der Waals surface area contributed by atoms with Crippen LogP contribution in [0, 0.1) is 5.92 Å². The zero-order valence-corrected chi connectivity index (χ0v) is 11.8. The zero-order valence-electron chi connectivity index (χ0n) is 11.8. The lowest BCUT2D eigenvalue weighted by Gasteiger charge is -2.09. The van der Waals surface area contributed by atoms with Gasteiger partial charge in [-0.2, -0.15) is 0 Å². The molecule has 0 aliphatic heterocycles. The first kappa shape index (κ1) is 15.5. The molecule has 1 aliphatic carbocycles. The highest BCUT2D eigenvalue weighted by Gasteiger charge is 2.21. The minimum Gasteiger partial charge on any atom is -0.492 e. The van der Waals surface area contributed by atoms with Crippen LogP contribution in [0.2, 0.25) is 0 Å². The number of nitrogens with zero attached hydrogens (tertiary/aromatic N) is 1. The standard InChI is InChI=1S/C13H16N2O7/c1-8-6-9(8)7-21-12(18)14-4-5-20-13(19)22-15-10(16)2-3-11(15)17/h2-3,6,9,16-17H,4-5,7H2,1H3,(H,14,18). The summed E-state index contributed by atoms with van der Waals surface area (Å²) in [5.74, 6) is -0.681. The van der Waals surface area contributed by atoms with Crippen LogP contribution in [-0.4, -0.2) is 47.0 Å². The molecule has 1 aromatic rings. The summed E-state index contributed by atoms with van der Waals surface area (Å²) in [6.07, 6.45) is 0.235. The maximum absolute atomic E-state index is 11.3. The van der Waals surface area contributed by atoms with Gasteiger partial charge in [-0.3, -0.25) is 4.84 Å². The largest absolute Gasteiger partial charge is 0.534 e. The van der Waals surface area contributed by atoms with Crippen LogP contribution in [0.15, 0.2) is 23.8 Å². The molecule has 0 spiro atoms. The first-order valence-electron chi connectivity index (χ1n) is 6.51. The number of aromatic nitrogens is 1. The summed E-state index contributed by atoms with van der Waals surface area (Å²) >= 11 is 0. The average molecular weight is 312 g/mol. The minimum absolute atomic E-state index is 0.0364. The van der Waals surface area contributed by atoms with Gasteiger partial charge in [-0.25, -0.2) is 9.59 Å². The summed E-state index contributed by atoms with van der Waals surface area (Å²) in [7, 11) is 0. The van der Waals surface area contributed by atoms with Gasteiger partial charge in [0.15, 0.2) is 0 Å². The normalized spacial score (nSPS) is 15.7. The Morgan fingerprint density at radius 2 is 1.91 bits per heavy atom. The minimum atomic E-state index is -1.14. The van der Waals surface area contributed by atoms with Gasteiger partial charge in [0.25, 0.3) is 0 Å². The van der Waals surface area contributed by atoms with E-state index in [1.54, 1.807) is 0 Å². The second-order valence-corrected chi connectivity index (χ2v) is 4.58. The molecular weight excluding hydrogens is 296 g/mol. The number of hydrogen-bond acceptors (Lipinski definition) is 7. The van der Waals surface area contributed by atoms with E-state index in [1.807, 2.05) is 13.0 Å². The second-order valence-electron chi connectivity index (χ2n) is 4.58. The Morgan fingerprint density at radius 1 is 1.27 bits per heavy atom. The number of carbonyl (C=O) groups is 2. The molecule has 1 atom stereocenters. The molecule has 9 heteroatoms. The van der Waals surface area contributed by atoms with Crippen LogP contribution in [0.4, 0.5) is 9.59 Å². The lowest BCUT2D eigenvalue weighted by Crippen LogP contribution is -2.30. The summed E-state index contributed by atoms with van der Waals surface area (Å²) in [4.78, 5) is 27.1. The van der Waals surface area contributed by atoms with E-state index >= 15 is 0 Å². The smallest absolute Gasteiger partial charge is 0.492 e. The predicted molar refractivity (Wildman–Crippen MR) is 72.3 cm³/mol. The Bertz CT molecular complexity index is 574. The van der Waals surface area contributed by atoms with Gasteiger partial charge in [0, 0.05) is 18.1 Å². The Morgan fingerprint density at radius 3 is 2.50 bits per heavy atom. The third kappa shape index (κ3) is 4.33. The molecule has 120 valence electrons. The molecular formula is C13H16N2O7. The van der Waals surface area contributed by atoms with Crippen LogP contribution in [0.1, 0.15) is 6.92 Å². The van der Waals surface area contributed by atoms with Crippen LogP contribution in [0.3, 0.4) is 0 Å².